The van der Waals surface area contributed by atoms with Crippen LogP contribution in [0.25, 0.3) is 5.65 Å². The van der Waals surface area contributed by atoms with Crippen molar-refractivity contribution in [1.82, 2.24) is 25.3 Å². The highest BCUT2D eigenvalue weighted by Crippen LogP contribution is 2.20. The lowest BCUT2D eigenvalue weighted by atomic mass is 10.2. The van der Waals surface area contributed by atoms with Crippen molar-refractivity contribution in [3.05, 3.63) is 42.0 Å². The summed E-state index contributed by atoms with van der Waals surface area (Å²) in [6.07, 6.45) is 0. The first kappa shape index (κ1) is 11.1. The molecule has 1 N–H and O–H groups in total. The molecule has 8 heteroatoms. The zero-order valence-electron chi connectivity index (χ0n) is 9.46. The van der Waals surface area contributed by atoms with Crippen LogP contribution in [-0.2, 0) is 0 Å². The third kappa shape index (κ3) is 2.18. The van der Waals surface area contributed by atoms with Crippen LogP contribution in [0.4, 0.5) is 0 Å². The van der Waals surface area contributed by atoms with Crippen LogP contribution in [-0.4, -0.2) is 36.3 Å². The van der Waals surface area contributed by atoms with Gasteiger partial charge < -0.3 is 9.84 Å². The van der Waals surface area contributed by atoms with E-state index in [-0.39, 0.29) is 11.4 Å². The van der Waals surface area contributed by atoms with Crippen molar-refractivity contribution < 1.29 is 14.6 Å². The van der Waals surface area contributed by atoms with E-state index in [0.717, 1.165) is 0 Å². The van der Waals surface area contributed by atoms with Crippen LogP contribution in [0.2, 0.25) is 0 Å². The van der Waals surface area contributed by atoms with Crippen molar-refractivity contribution in [1.29, 1.82) is 0 Å². The van der Waals surface area contributed by atoms with E-state index < -0.39 is 5.97 Å². The minimum atomic E-state index is -1.02. The van der Waals surface area contributed by atoms with E-state index in [2.05, 4.69) is 20.6 Å². The number of ether oxygens (including phenoxy) is 1. The zero-order chi connectivity index (χ0) is 13.2. The Morgan fingerprint density at radius 1 is 1.26 bits per heavy atom. The molecule has 2 heterocycles. The van der Waals surface area contributed by atoms with Crippen molar-refractivity contribution in [3.63, 3.8) is 0 Å². The molecule has 0 amide bonds. The second-order valence-electron chi connectivity index (χ2n) is 3.63. The van der Waals surface area contributed by atoms with Gasteiger partial charge in [-0.3, -0.25) is 0 Å². The topological polar surface area (TPSA) is 102 Å². The van der Waals surface area contributed by atoms with Crippen LogP contribution in [0, 0.1) is 0 Å². The fourth-order valence-corrected chi connectivity index (χ4v) is 1.50. The highest BCUT2D eigenvalue weighted by atomic mass is 16.5. The Bertz CT molecular complexity index is 755. The number of rotatable bonds is 3. The molecule has 0 saturated carbocycles. The first-order chi connectivity index (χ1) is 9.22. The van der Waals surface area contributed by atoms with Crippen molar-refractivity contribution >= 4 is 11.6 Å². The van der Waals surface area contributed by atoms with Gasteiger partial charge in [-0.2, -0.15) is 0 Å². The normalized spacial score (nSPS) is 10.5. The van der Waals surface area contributed by atoms with Gasteiger partial charge in [0, 0.05) is 6.07 Å². The summed E-state index contributed by atoms with van der Waals surface area (Å²) in [6, 6.07) is 9.36. The number of hydrogen-bond acceptors (Lipinski definition) is 6. The zero-order valence-corrected chi connectivity index (χ0v) is 9.46. The molecular weight excluding hydrogens is 250 g/mol. The minimum absolute atomic E-state index is 0.140. The van der Waals surface area contributed by atoms with Gasteiger partial charge in [0.2, 0.25) is 5.88 Å². The molecule has 94 valence electrons. The second-order valence-corrected chi connectivity index (χ2v) is 3.63. The number of carboxylic acid groups (broad SMARTS) is 1. The largest absolute Gasteiger partial charge is 0.478 e. The van der Waals surface area contributed by atoms with Crippen molar-refractivity contribution in [2.24, 2.45) is 0 Å². The fourth-order valence-electron chi connectivity index (χ4n) is 1.50. The van der Waals surface area contributed by atoms with Gasteiger partial charge in [0.15, 0.2) is 5.65 Å². The molecule has 0 aliphatic carbocycles. The minimum Gasteiger partial charge on any atom is -0.478 e. The van der Waals surface area contributed by atoms with Crippen molar-refractivity contribution in [2.75, 3.05) is 0 Å². The molecule has 0 radical (unpaired) electrons. The number of nitrogens with zero attached hydrogens (tertiary/aromatic N) is 5. The summed E-state index contributed by atoms with van der Waals surface area (Å²) in [4.78, 5) is 10.8. The molecule has 0 atom stereocenters. The number of tetrazole rings is 1. The number of carboxylic acids is 1. The van der Waals surface area contributed by atoms with Gasteiger partial charge in [0.05, 0.1) is 5.56 Å². The molecular formula is C11H7N5O3. The molecule has 0 aliphatic rings. The van der Waals surface area contributed by atoms with Crippen molar-refractivity contribution in [3.8, 4) is 11.6 Å². The summed E-state index contributed by atoms with van der Waals surface area (Å²) in [5, 5.41) is 23.7. The SMILES string of the molecule is O=C(O)c1cccc(Oc2ccc3nnnn3n2)c1. The summed E-state index contributed by atoms with van der Waals surface area (Å²) in [5.41, 5.74) is 0.632. The predicted octanol–water partition coefficient (Wildman–Crippen LogP) is 1.01. The van der Waals surface area contributed by atoms with Crippen molar-refractivity contribution in [2.45, 2.75) is 0 Å². The third-order valence-corrected chi connectivity index (χ3v) is 2.35. The summed E-state index contributed by atoms with van der Waals surface area (Å²) < 4.78 is 6.67. The number of benzene rings is 1. The highest BCUT2D eigenvalue weighted by molar-refractivity contribution is 5.88. The summed E-state index contributed by atoms with van der Waals surface area (Å²) >= 11 is 0. The molecule has 1 aromatic carbocycles. The lowest BCUT2D eigenvalue weighted by Crippen LogP contribution is -1.99. The monoisotopic (exact) mass is 257 g/mol. The van der Waals surface area contributed by atoms with Crippen LogP contribution >= 0.6 is 0 Å². The predicted molar refractivity (Wildman–Crippen MR) is 62.1 cm³/mol. The molecule has 0 saturated heterocycles. The lowest BCUT2D eigenvalue weighted by molar-refractivity contribution is 0.0696. The van der Waals surface area contributed by atoms with Gasteiger partial charge in [-0.05, 0) is 34.7 Å². The first-order valence-corrected chi connectivity index (χ1v) is 5.29. The maximum Gasteiger partial charge on any atom is 0.335 e. The third-order valence-electron chi connectivity index (χ3n) is 2.35. The summed E-state index contributed by atoms with van der Waals surface area (Å²) in [7, 11) is 0. The maximum absolute atomic E-state index is 10.8. The van der Waals surface area contributed by atoms with Gasteiger partial charge in [0.1, 0.15) is 5.75 Å². The highest BCUT2D eigenvalue weighted by Gasteiger charge is 2.06. The standard InChI is InChI=1S/C11H7N5O3/c17-11(18)7-2-1-3-8(6-7)19-10-5-4-9-12-14-15-16(9)13-10/h1-6H,(H,17,18). The average molecular weight is 257 g/mol. The maximum atomic E-state index is 10.8. The molecule has 0 bridgehead atoms. The molecule has 3 aromatic rings. The van der Waals surface area contributed by atoms with E-state index in [1.165, 1.54) is 16.8 Å². The van der Waals surface area contributed by atoms with Crippen LogP contribution in [0.5, 0.6) is 11.6 Å². The number of aromatic nitrogens is 5. The molecule has 2 aromatic heterocycles. The number of aromatic carboxylic acids is 1. The number of fused-ring (bicyclic) bond motifs is 1. The molecule has 19 heavy (non-hydrogen) atoms. The van der Waals surface area contributed by atoms with Gasteiger partial charge in [-0.15, -0.1) is 14.8 Å². The van der Waals surface area contributed by atoms with Crippen LogP contribution in [0.3, 0.4) is 0 Å². The molecule has 0 spiro atoms. The Kier molecular flexibility index (Phi) is 2.53. The van der Waals surface area contributed by atoms with E-state index in [9.17, 15) is 4.79 Å². The van der Waals surface area contributed by atoms with E-state index in [4.69, 9.17) is 9.84 Å². The Labute approximate surface area is 106 Å². The molecule has 8 nitrogen and oxygen atoms in total. The Balaban J connectivity index is 1.91. The quantitative estimate of drug-likeness (QED) is 0.746. The Morgan fingerprint density at radius 3 is 3.00 bits per heavy atom. The average Bonchev–Trinajstić information content (AvgIpc) is 2.86. The van der Waals surface area contributed by atoms with Gasteiger partial charge in [-0.1, -0.05) is 6.07 Å². The van der Waals surface area contributed by atoms with E-state index in [1.54, 1.807) is 24.3 Å². The van der Waals surface area contributed by atoms with Crippen LogP contribution < -0.4 is 4.74 Å². The Hall–Kier alpha value is -3.03. The van der Waals surface area contributed by atoms with E-state index in [1.807, 2.05) is 0 Å². The summed E-state index contributed by atoms with van der Waals surface area (Å²) in [5.74, 6) is -0.378. The van der Waals surface area contributed by atoms with Gasteiger partial charge >= 0.3 is 5.97 Å². The smallest absolute Gasteiger partial charge is 0.335 e. The van der Waals surface area contributed by atoms with Crippen LogP contribution in [0.15, 0.2) is 36.4 Å². The van der Waals surface area contributed by atoms with E-state index >= 15 is 0 Å². The number of carbonyl (C=O) groups is 1. The summed E-state index contributed by atoms with van der Waals surface area (Å²) in [6.45, 7) is 0. The second kappa shape index (κ2) is 4.33. The van der Waals surface area contributed by atoms with Gasteiger partial charge in [-0.25, -0.2) is 4.79 Å². The Morgan fingerprint density at radius 2 is 2.16 bits per heavy atom. The lowest BCUT2D eigenvalue weighted by Gasteiger charge is -2.04. The molecule has 0 unspecified atom stereocenters. The number of hydrogen-bond donors (Lipinski definition) is 1. The molecule has 3 rings (SSSR count). The molecule has 0 fully saturated rings. The first-order valence-electron chi connectivity index (χ1n) is 5.29. The van der Waals surface area contributed by atoms with Gasteiger partial charge in [0.25, 0.3) is 0 Å². The molecule has 0 aliphatic heterocycles. The van der Waals surface area contributed by atoms with E-state index in [0.29, 0.717) is 11.4 Å². The van der Waals surface area contributed by atoms with Crippen LogP contribution in [0.1, 0.15) is 10.4 Å². The fraction of sp³-hybridized carbons (Fsp3) is 0.